The average Bonchev–Trinajstić information content (AvgIpc) is 3.33. The maximum absolute atomic E-state index is 13.8. The Bertz CT molecular complexity index is 1260. The van der Waals surface area contributed by atoms with E-state index in [4.69, 9.17) is 4.74 Å². The zero-order valence-electron chi connectivity index (χ0n) is 24.2. The minimum absolute atomic E-state index is 0.0694. The van der Waals surface area contributed by atoms with Gasteiger partial charge in [-0.15, -0.1) is 0 Å². The first kappa shape index (κ1) is 29.1. The Morgan fingerprint density at radius 1 is 0.902 bits per heavy atom. The molecule has 1 heterocycles. The maximum Gasteiger partial charge on any atom is 0.323 e. The van der Waals surface area contributed by atoms with Gasteiger partial charge in [-0.2, -0.15) is 0 Å². The average molecular weight is 562 g/mol. The molecule has 0 radical (unpaired) electrons. The quantitative estimate of drug-likeness (QED) is 0.350. The summed E-state index contributed by atoms with van der Waals surface area (Å²) in [4.78, 5) is 39.8. The van der Waals surface area contributed by atoms with Gasteiger partial charge in [0.15, 0.2) is 0 Å². The van der Waals surface area contributed by atoms with Crippen molar-refractivity contribution in [3.63, 3.8) is 0 Å². The van der Waals surface area contributed by atoms with Gasteiger partial charge in [0.25, 0.3) is 0 Å². The van der Waals surface area contributed by atoms with E-state index in [-0.39, 0.29) is 36.0 Å². The molecule has 0 spiro atoms. The molecule has 3 N–H and O–H groups in total. The van der Waals surface area contributed by atoms with Gasteiger partial charge < -0.3 is 25.4 Å². The van der Waals surface area contributed by atoms with E-state index in [2.05, 4.69) is 15.5 Å². The van der Waals surface area contributed by atoms with Crippen LogP contribution in [-0.2, 0) is 20.7 Å². The van der Waals surface area contributed by atoms with E-state index in [1.54, 1.807) is 0 Å². The van der Waals surface area contributed by atoms with Crippen LogP contribution in [0.15, 0.2) is 42.5 Å². The number of anilines is 2. The number of carbonyl (C=O) groups excluding carboxylic acids is 2. The summed E-state index contributed by atoms with van der Waals surface area (Å²) < 4.78 is 6.32. The Labute approximate surface area is 242 Å². The minimum Gasteiger partial charge on any atom is -0.481 e. The Kier molecular flexibility index (Phi) is 9.28. The Balaban J connectivity index is 1.20. The fourth-order valence-electron chi connectivity index (χ4n) is 7.05. The number of ether oxygens (including phenoxy) is 1. The summed E-state index contributed by atoms with van der Waals surface area (Å²) in [5, 5.41) is 15.1. The number of likely N-dealkylation sites (tertiary alicyclic amines) is 1. The Hall–Kier alpha value is -3.39. The van der Waals surface area contributed by atoms with E-state index in [1.165, 1.54) is 12.8 Å². The predicted octanol–water partition coefficient (Wildman–Crippen LogP) is 6.31. The summed E-state index contributed by atoms with van der Waals surface area (Å²) in [7, 11) is 0. The van der Waals surface area contributed by atoms with Crippen molar-refractivity contribution in [3.8, 4) is 0 Å². The predicted molar refractivity (Wildman–Crippen MR) is 159 cm³/mol. The van der Waals surface area contributed by atoms with Gasteiger partial charge in [0.2, 0.25) is 5.91 Å². The number of benzene rings is 2. The number of hydrogen-bond donors (Lipinski definition) is 3. The van der Waals surface area contributed by atoms with Crippen molar-refractivity contribution in [2.24, 2.45) is 11.8 Å². The molecule has 2 unspecified atom stereocenters. The van der Waals surface area contributed by atoms with Gasteiger partial charge >= 0.3 is 12.0 Å². The van der Waals surface area contributed by atoms with Crippen LogP contribution in [-0.4, -0.2) is 52.7 Å². The van der Waals surface area contributed by atoms with E-state index < -0.39 is 5.97 Å². The largest absolute Gasteiger partial charge is 0.481 e. The van der Waals surface area contributed by atoms with Crippen LogP contribution in [0.25, 0.3) is 0 Å². The van der Waals surface area contributed by atoms with Crippen LogP contribution >= 0.6 is 0 Å². The number of nitrogens with one attached hydrogen (secondary N) is 2. The van der Waals surface area contributed by atoms with Gasteiger partial charge in [-0.05, 0) is 93.5 Å². The van der Waals surface area contributed by atoms with Crippen LogP contribution < -0.4 is 10.6 Å². The van der Waals surface area contributed by atoms with Gasteiger partial charge in [-0.1, -0.05) is 43.2 Å². The molecule has 220 valence electrons. The van der Waals surface area contributed by atoms with E-state index in [9.17, 15) is 19.5 Å². The van der Waals surface area contributed by atoms with Crippen molar-refractivity contribution in [2.75, 3.05) is 17.2 Å². The Morgan fingerprint density at radius 2 is 1.61 bits per heavy atom. The van der Waals surface area contributed by atoms with Gasteiger partial charge in [-0.25, -0.2) is 4.79 Å². The molecule has 8 heteroatoms. The number of carboxylic acids is 1. The lowest BCUT2D eigenvalue weighted by Gasteiger charge is -2.35. The molecule has 5 rings (SSSR count). The van der Waals surface area contributed by atoms with Crippen LogP contribution in [0.1, 0.15) is 74.5 Å². The number of nitrogens with zero attached hydrogens (tertiary/aromatic N) is 1. The summed E-state index contributed by atoms with van der Waals surface area (Å²) in [5.41, 5.74) is 4.31. The topological polar surface area (TPSA) is 108 Å². The molecule has 8 nitrogen and oxygen atoms in total. The highest BCUT2D eigenvalue weighted by atomic mass is 16.5. The molecule has 3 fully saturated rings. The number of carbonyl (C=O) groups is 3. The van der Waals surface area contributed by atoms with Crippen molar-refractivity contribution in [1.29, 1.82) is 0 Å². The normalized spacial score (nSPS) is 25.8. The molecule has 41 heavy (non-hydrogen) atoms. The van der Waals surface area contributed by atoms with Crippen LogP contribution in [0.2, 0.25) is 0 Å². The standard InChI is InChI=1S/C33H43N3O5/c1-21-7-3-5-9-28(21)34-33(40)35-29-16-11-23(17-22(29)2)18-31(37)36-26(19-25-8-4-6-10-30(25)36)20-41-27-14-12-24(13-15-27)32(38)39/h3,5,7,9,11,16-17,24-27,30H,4,6,8,10,12-15,18-20H2,1-2H3,(H,38,39)(H2,34,35,40)/t24?,25?,26-,27?,30?/m0/s1. The highest BCUT2D eigenvalue weighted by Gasteiger charge is 2.44. The molecule has 0 bridgehead atoms. The van der Waals surface area contributed by atoms with Crippen LogP contribution in [0.5, 0.6) is 0 Å². The molecule has 1 aliphatic heterocycles. The van der Waals surface area contributed by atoms with E-state index >= 15 is 0 Å². The van der Waals surface area contributed by atoms with Gasteiger partial charge in [0, 0.05) is 17.4 Å². The zero-order chi connectivity index (χ0) is 28.9. The van der Waals surface area contributed by atoms with E-state index in [1.807, 2.05) is 56.3 Å². The number of carboxylic acid groups (broad SMARTS) is 1. The van der Waals surface area contributed by atoms with Crippen LogP contribution in [0, 0.1) is 25.7 Å². The maximum atomic E-state index is 13.8. The second kappa shape index (κ2) is 13.1. The molecule has 1 saturated heterocycles. The summed E-state index contributed by atoms with van der Waals surface area (Å²) in [5.74, 6) is -0.288. The lowest BCUT2D eigenvalue weighted by molar-refractivity contribution is -0.144. The lowest BCUT2D eigenvalue weighted by atomic mass is 9.84. The highest BCUT2D eigenvalue weighted by Crippen LogP contribution is 2.40. The Morgan fingerprint density at radius 3 is 2.32 bits per heavy atom. The molecule has 3 atom stereocenters. The fourth-order valence-corrected chi connectivity index (χ4v) is 7.05. The van der Waals surface area contributed by atoms with E-state index in [0.717, 1.165) is 54.5 Å². The summed E-state index contributed by atoms with van der Waals surface area (Å²) >= 11 is 0. The molecular weight excluding hydrogens is 518 g/mol. The molecule has 2 aliphatic carbocycles. The van der Waals surface area contributed by atoms with Gasteiger partial charge in [0.05, 0.1) is 31.1 Å². The van der Waals surface area contributed by atoms with Crippen LogP contribution in [0.4, 0.5) is 16.2 Å². The van der Waals surface area contributed by atoms with Gasteiger partial charge in [0.1, 0.15) is 0 Å². The highest BCUT2D eigenvalue weighted by molar-refractivity contribution is 6.00. The van der Waals surface area contributed by atoms with Crippen molar-refractivity contribution >= 4 is 29.3 Å². The number of urea groups is 1. The third-order valence-electron chi connectivity index (χ3n) is 9.32. The second-order valence-electron chi connectivity index (χ2n) is 12.2. The molecular formula is C33H43N3O5. The first-order valence-electron chi connectivity index (χ1n) is 15.2. The van der Waals surface area contributed by atoms with Crippen LogP contribution in [0.3, 0.4) is 0 Å². The molecule has 3 amide bonds. The molecule has 2 saturated carbocycles. The van der Waals surface area contributed by atoms with Gasteiger partial charge in [-0.3, -0.25) is 9.59 Å². The lowest BCUT2D eigenvalue weighted by Crippen LogP contribution is -2.46. The SMILES string of the molecule is Cc1ccccc1NC(=O)Nc1ccc(CC(=O)N2C3CCCCC3C[C@H]2COC2CCC(C(=O)O)CC2)cc1C. The molecule has 2 aromatic carbocycles. The summed E-state index contributed by atoms with van der Waals surface area (Å²) in [6.45, 7) is 4.42. The number of rotatable bonds is 8. The fraction of sp³-hybridized carbons (Fsp3) is 0.545. The van der Waals surface area contributed by atoms with Crippen molar-refractivity contribution in [3.05, 3.63) is 59.2 Å². The number of hydrogen-bond acceptors (Lipinski definition) is 4. The second-order valence-corrected chi connectivity index (χ2v) is 12.2. The third-order valence-corrected chi connectivity index (χ3v) is 9.32. The molecule has 2 aromatic rings. The molecule has 3 aliphatic rings. The molecule has 0 aromatic heterocycles. The summed E-state index contributed by atoms with van der Waals surface area (Å²) in [6, 6.07) is 13.5. The monoisotopic (exact) mass is 561 g/mol. The minimum atomic E-state index is -0.704. The number of para-hydroxylation sites is 1. The summed E-state index contributed by atoms with van der Waals surface area (Å²) in [6.07, 6.45) is 8.85. The first-order chi connectivity index (χ1) is 19.8. The van der Waals surface area contributed by atoms with E-state index in [0.29, 0.717) is 37.5 Å². The smallest absolute Gasteiger partial charge is 0.323 e. The third kappa shape index (κ3) is 7.10. The number of amides is 3. The van der Waals surface area contributed by atoms with Crippen molar-refractivity contribution in [1.82, 2.24) is 4.90 Å². The number of aliphatic carboxylic acids is 1. The first-order valence-corrected chi connectivity index (χ1v) is 15.2. The van der Waals surface area contributed by atoms with Crippen molar-refractivity contribution in [2.45, 2.75) is 96.2 Å². The zero-order valence-corrected chi connectivity index (χ0v) is 24.2. The number of fused-ring (bicyclic) bond motifs is 1. The van der Waals surface area contributed by atoms with Crippen molar-refractivity contribution < 1.29 is 24.2 Å². The number of aryl methyl sites for hydroxylation is 2.